The number of amides is 1. The van der Waals surface area contributed by atoms with Crippen LogP contribution in [-0.4, -0.2) is 15.7 Å². The van der Waals surface area contributed by atoms with Gasteiger partial charge in [-0.1, -0.05) is 18.2 Å². The number of anilines is 1. The van der Waals surface area contributed by atoms with Crippen molar-refractivity contribution >= 4 is 11.7 Å². The second-order valence-electron chi connectivity index (χ2n) is 3.02. The van der Waals surface area contributed by atoms with Crippen molar-refractivity contribution in [3.63, 3.8) is 0 Å². The maximum Gasteiger partial charge on any atom is 0.249 e. The first-order valence-electron chi connectivity index (χ1n) is 4.71. The van der Waals surface area contributed by atoms with Crippen LogP contribution in [0.15, 0.2) is 30.5 Å². The molecule has 82 valence electrons. The van der Waals surface area contributed by atoms with Crippen LogP contribution in [-0.2, 0) is 11.8 Å². The van der Waals surface area contributed by atoms with Crippen LogP contribution in [0.3, 0.4) is 0 Å². The zero-order chi connectivity index (χ0) is 12.0. The average molecular weight is 216 g/mol. The third kappa shape index (κ3) is 2.82. The summed E-state index contributed by atoms with van der Waals surface area (Å²) in [6, 6.07) is 1.95. The quantitative estimate of drug-likeness (QED) is 0.612. The highest BCUT2D eigenvalue weighted by Crippen LogP contribution is 2.11. The van der Waals surface area contributed by atoms with Crippen LogP contribution in [0, 0.1) is 11.3 Å². The summed E-state index contributed by atoms with van der Waals surface area (Å²) in [6.45, 7) is 1.86. The molecule has 0 radical (unpaired) electrons. The van der Waals surface area contributed by atoms with Gasteiger partial charge in [0.2, 0.25) is 5.91 Å². The van der Waals surface area contributed by atoms with Gasteiger partial charge in [-0.05, 0) is 6.92 Å². The van der Waals surface area contributed by atoms with E-state index in [-0.39, 0.29) is 5.91 Å². The second kappa shape index (κ2) is 5.51. The van der Waals surface area contributed by atoms with Crippen molar-refractivity contribution in [1.82, 2.24) is 9.78 Å². The molecule has 0 spiro atoms. The number of aryl methyl sites for hydroxylation is 1. The van der Waals surface area contributed by atoms with Gasteiger partial charge in [0.05, 0.1) is 6.20 Å². The Hall–Kier alpha value is -2.35. The number of aromatic nitrogens is 2. The Bertz CT molecular complexity index is 477. The van der Waals surface area contributed by atoms with Gasteiger partial charge in [-0.25, -0.2) is 0 Å². The van der Waals surface area contributed by atoms with Gasteiger partial charge >= 0.3 is 0 Å². The first-order chi connectivity index (χ1) is 7.69. The summed E-state index contributed by atoms with van der Waals surface area (Å²) in [5, 5.41) is 15.2. The lowest BCUT2D eigenvalue weighted by molar-refractivity contribution is -0.111. The molecule has 0 unspecified atom stereocenters. The zero-order valence-electron chi connectivity index (χ0n) is 9.14. The normalized spacial score (nSPS) is 10.8. The number of nitrogens with one attached hydrogen (secondary N) is 1. The Morgan fingerprint density at radius 3 is 3.00 bits per heavy atom. The second-order valence-corrected chi connectivity index (χ2v) is 3.02. The molecule has 0 fully saturated rings. The van der Waals surface area contributed by atoms with Crippen LogP contribution in [0.1, 0.15) is 12.5 Å². The first kappa shape index (κ1) is 11.7. The number of carbonyl (C=O) groups excluding carboxylic acids is 1. The standard InChI is InChI=1S/C11H12N4O/c1-3-4-5-6-10(16)14-11-9(7-12)8-13-15(11)2/h3-6,8H,1-2H3,(H,14,16)/b4-3+,6-5+. The lowest BCUT2D eigenvalue weighted by Gasteiger charge is -2.02. The Kier molecular flexibility index (Phi) is 4.04. The average Bonchev–Trinajstić information content (AvgIpc) is 2.61. The summed E-state index contributed by atoms with van der Waals surface area (Å²) < 4.78 is 1.44. The Morgan fingerprint density at radius 2 is 2.38 bits per heavy atom. The molecule has 1 aromatic heterocycles. The fourth-order valence-electron chi connectivity index (χ4n) is 1.08. The molecule has 5 heteroatoms. The minimum absolute atomic E-state index is 0.293. The van der Waals surface area contributed by atoms with E-state index in [1.54, 1.807) is 19.2 Å². The summed E-state index contributed by atoms with van der Waals surface area (Å²) in [7, 11) is 1.66. The van der Waals surface area contributed by atoms with Crippen LogP contribution >= 0.6 is 0 Å². The van der Waals surface area contributed by atoms with Crippen molar-refractivity contribution in [3.8, 4) is 6.07 Å². The van der Waals surface area contributed by atoms with E-state index in [9.17, 15) is 4.79 Å². The summed E-state index contributed by atoms with van der Waals surface area (Å²) in [5.74, 6) is 0.107. The molecule has 0 aromatic carbocycles. The minimum atomic E-state index is -0.293. The molecule has 0 saturated carbocycles. The van der Waals surface area contributed by atoms with E-state index < -0.39 is 0 Å². The number of allylic oxidation sites excluding steroid dienone is 3. The van der Waals surface area contributed by atoms with Crippen LogP contribution in [0.2, 0.25) is 0 Å². The van der Waals surface area contributed by atoms with Gasteiger partial charge < -0.3 is 5.32 Å². The van der Waals surface area contributed by atoms with E-state index in [1.807, 2.05) is 19.1 Å². The zero-order valence-corrected chi connectivity index (χ0v) is 9.14. The summed E-state index contributed by atoms with van der Waals surface area (Å²) >= 11 is 0. The number of nitrogens with zero attached hydrogens (tertiary/aromatic N) is 3. The molecule has 0 aliphatic carbocycles. The number of carbonyl (C=O) groups is 1. The van der Waals surface area contributed by atoms with Crippen molar-refractivity contribution in [2.45, 2.75) is 6.92 Å². The Labute approximate surface area is 93.7 Å². The lowest BCUT2D eigenvalue weighted by atomic mass is 10.3. The molecule has 1 N–H and O–H groups in total. The predicted octanol–water partition coefficient (Wildman–Crippen LogP) is 1.36. The molecule has 0 aliphatic rings. The van der Waals surface area contributed by atoms with Gasteiger partial charge in [-0.15, -0.1) is 0 Å². The van der Waals surface area contributed by atoms with Crippen molar-refractivity contribution in [2.24, 2.45) is 7.05 Å². The van der Waals surface area contributed by atoms with Gasteiger partial charge in [0, 0.05) is 13.1 Å². The SMILES string of the molecule is C/C=C/C=C/C(=O)Nc1c(C#N)cnn1C. The van der Waals surface area contributed by atoms with Crippen LogP contribution < -0.4 is 5.32 Å². The van der Waals surface area contributed by atoms with Gasteiger partial charge in [0.25, 0.3) is 0 Å². The highest BCUT2D eigenvalue weighted by Gasteiger charge is 2.09. The van der Waals surface area contributed by atoms with Crippen LogP contribution in [0.25, 0.3) is 0 Å². The number of hydrogen-bond acceptors (Lipinski definition) is 3. The number of nitriles is 1. The predicted molar refractivity (Wildman–Crippen MR) is 60.5 cm³/mol. The summed E-state index contributed by atoms with van der Waals surface area (Å²) in [5.41, 5.74) is 0.343. The maximum atomic E-state index is 11.4. The molecule has 0 bridgehead atoms. The van der Waals surface area contributed by atoms with Gasteiger partial charge in [-0.3, -0.25) is 9.48 Å². The summed E-state index contributed by atoms with van der Waals surface area (Å²) in [4.78, 5) is 11.4. The van der Waals surface area contributed by atoms with Crippen LogP contribution in [0.5, 0.6) is 0 Å². The van der Waals surface area contributed by atoms with E-state index in [0.717, 1.165) is 0 Å². The third-order valence-corrected chi connectivity index (χ3v) is 1.85. The van der Waals surface area contributed by atoms with Crippen molar-refractivity contribution in [3.05, 3.63) is 36.1 Å². The molecule has 0 atom stereocenters. The molecular weight excluding hydrogens is 204 g/mol. The fourth-order valence-corrected chi connectivity index (χ4v) is 1.08. The largest absolute Gasteiger partial charge is 0.306 e. The highest BCUT2D eigenvalue weighted by molar-refractivity contribution is 5.99. The summed E-state index contributed by atoms with van der Waals surface area (Å²) in [6.07, 6.45) is 7.97. The molecule has 1 rings (SSSR count). The van der Waals surface area contributed by atoms with Crippen LogP contribution in [0.4, 0.5) is 5.82 Å². The van der Waals surface area contributed by atoms with E-state index >= 15 is 0 Å². The van der Waals surface area contributed by atoms with Gasteiger partial charge in [0.15, 0.2) is 0 Å². The molecule has 0 aliphatic heterocycles. The van der Waals surface area contributed by atoms with Gasteiger partial charge in [-0.2, -0.15) is 10.4 Å². The van der Waals surface area contributed by atoms with Crippen molar-refractivity contribution in [2.75, 3.05) is 5.32 Å². The molecule has 0 saturated heterocycles. The van der Waals surface area contributed by atoms with E-state index in [1.165, 1.54) is 17.0 Å². The fraction of sp³-hybridized carbons (Fsp3) is 0.182. The number of hydrogen-bond donors (Lipinski definition) is 1. The highest BCUT2D eigenvalue weighted by atomic mass is 16.1. The van der Waals surface area contributed by atoms with E-state index in [2.05, 4.69) is 10.4 Å². The first-order valence-corrected chi connectivity index (χ1v) is 4.71. The molecule has 5 nitrogen and oxygen atoms in total. The van der Waals surface area contributed by atoms with Gasteiger partial charge in [0.1, 0.15) is 17.5 Å². The maximum absolute atomic E-state index is 11.4. The molecule has 1 aromatic rings. The monoisotopic (exact) mass is 216 g/mol. The molecular formula is C11H12N4O. The van der Waals surface area contributed by atoms with E-state index in [0.29, 0.717) is 11.4 Å². The Balaban J connectivity index is 2.77. The smallest absolute Gasteiger partial charge is 0.249 e. The minimum Gasteiger partial charge on any atom is -0.306 e. The van der Waals surface area contributed by atoms with Crippen molar-refractivity contribution < 1.29 is 4.79 Å². The van der Waals surface area contributed by atoms with Crippen molar-refractivity contribution in [1.29, 1.82) is 5.26 Å². The molecule has 1 heterocycles. The molecule has 16 heavy (non-hydrogen) atoms. The number of rotatable bonds is 3. The van der Waals surface area contributed by atoms with E-state index in [4.69, 9.17) is 5.26 Å². The Morgan fingerprint density at radius 1 is 1.62 bits per heavy atom. The third-order valence-electron chi connectivity index (χ3n) is 1.85. The topological polar surface area (TPSA) is 70.7 Å². The molecule has 1 amide bonds. The lowest BCUT2D eigenvalue weighted by Crippen LogP contribution is -2.12.